The first-order valence-electron chi connectivity index (χ1n) is 12.5. The molecule has 1 aliphatic heterocycles. The van der Waals surface area contributed by atoms with Crippen molar-refractivity contribution in [2.45, 2.75) is 65.9 Å². The van der Waals surface area contributed by atoms with E-state index >= 15 is 0 Å². The summed E-state index contributed by atoms with van der Waals surface area (Å²) in [7, 11) is 3.14. The van der Waals surface area contributed by atoms with Crippen LogP contribution in [0.15, 0.2) is 42.5 Å². The maximum atomic E-state index is 13.3. The minimum absolute atomic E-state index is 0.0461. The third kappa shape index (κ3) is 4.32. The zero-order valence-corrected chi connectivity index (χ0v) is 22.8. The van der Waals surface area contributed by atoms with E-state index in [4.69, 9.17) is 14.2 Å². The van der Waals surface area contributed by atoms with E-state index in [0.717, 1.165) is 33.7 Å². The third-order valence-electron chi connectivity index (χ3n) is 7.47. The summed E-state index contributed by atoms with van der Waals surface area (Å²) in [6.45, 7) is 14.9. The van der Waals surface area contributed by atoms with Gasteiger partial charge >= 0.3 is 0 Å². The van der Waals surface area contributed by atoms with Crippen LogP contribution in [0.4, 0.5) is 5.69 Å². The molecule has 3 aromatic carbocycles. The summed E-state index contributed by atoms with van der Waals surface area (Å²) in [5.41, 5.74) is 7.67. The summed E-state index contributed by atoms with van der Waals surface area (Å²) in [5.74, 6) is 2.35. The van der Waals surface area contributed by atoms with Gasteiger partial charge in [-0.05, 0) is 86.6 Å². The van der Waals surface area contributed by atoms with Gasteiger partial charge in [0.2, 0.25) is 0 Å². The molecular weight excluding hydrogens is 450 g/mol. The number of amides is 1. The van der Waals surface area contributed by atoms with Crippen LogP contribution in [0.2, 0.25) is 0 Å². The number of carbonyl (C=O) groups is 1. The van der Waals surface area contributed by atoms with Crippen molar-refractivity contribution in [3.05, 3.63) is 81.4 Å². The SMILES string of the molecule is COc1ccc(C(=O)Nc2c(C)c(C)c3c(c2C)C(c2ccc(C(C)C)cc2)C(C)(C)O3)cc1OC. The Kier molecular flexibility index (Phi) is 6.78. The molecule has 1 aliphatic rings. The topological polar surface area (TPSA) is 56.8 Å². The molecule has 0 fully saturated rings. The Morgan fingerprint density at radius 2 is 1.56 bits per heavy atom. The van der Waals surface area contributed by atoms with Gasteiger partial charge in [0.25, 0.3) is 5.91 Å². The molecule has 0 aliphatic carbocycles. The fraction of sp³-hybridized carbons (Fsp3) is 0.387. The predicted molar refractivity (Wildman–Crippen MR) is 145 cm³/mol. The van der Waals surface area contributed by atoms with Crippen LogP contribution in [0.25, 0.3) is 0 Å². The van der Waals surface area contributed by atoms with Gasteiger partial charge in [-0.2, -0.15) is 0 Å². The lowest BCUT2D eigenvalue weighted by Crippen LogP contribution is -2.31. The van der Waals surface area contributed by atoms with Crippen LogP contribution in [0.3, 0.4) is 0 Å². The molecular formula is C31H37NO4. The minimum atomic E-state index is -0.421. The number of carbonyl (C=O) groups excluding carboxylic acids is 1. The van der Waals surface area contributed by atoms with E-state index in [1.807, 2.05) is 6.92 Å². The fourth-order valence-corrected chi connectivity index (χ4v) is 5.29. The highest BCUT2D eigenvalue weighted by molar-refractivity contribution is 6.06. The van der Waals surface area contributed by atoms with E-state index < -0.39 is 5.60 Å². The van der Waals surface area contributed by atoms with Gasteiger partial charge in [0.15, 0.2) is 11.5 Å². The molecule has 0 aromatic heterocycles. The molecule has 1 atom stereocenters. The molecule has 0 radical (unpaired) electrons. The van der Waals surface area contributed by atoms with Crippen LogP contribution >= 0.6 is 0 Å². The smallest absolute Gasteiger partial charge is 0.255 e. The van der Waals surface area contributed by atoms with Crippen LogP contribution in [0, 0.1) is 20.8 Å². The van der Waals surface area contributed by atoms with Crippen LogP contribution in [0.5, 0.6) is 17.2 Å². The van der Waals surface area contributed by atoms with E-state index in [1.54, 1.807) is 32.4 Å². The molecule has 4 rings (SSSR count). The largest absolute Gasteiger partial charge is 0.493 e. The lowest BCUT2D eigenvalue weighted by molar-refractivity contribution is 0.102. The molecule has 1 heterocycles. The van der Waals surface area contributed by atoms with Crippen molar-refractivity contribution in [3.63, 3.8) is 0 Å². The first-order valence-corrected chi connectivity index (χ1v) is 12.5. The Balaban J connectivity index is 1.78. The Morgan fingerprint density at radius 1 is 0.917 bits per heavy atom. The van der Waals surface area contributed by atoms with Crippen molar-refractivity contribution in [1.29, 1.82) is 0 Å². The van der Waals surface area contributed by atoms with Crippen LogP contribution < -0.4 is 19.5 Å². The molecule has 36 heavy (non-hydrogen) atoms. The minimum Gasteiger partial charge on any atom is -0.493 e. The van der Waals surface area contributed by atoms with Crippen LogP contribution in [0.1, 0.15) is 83.3 Å². The summed E-state index contributed by atoms with van der Waals surface area (Å²) in [6.07, 6.45) is 0. The number of rotatable bonds is 6. The third-order valence-corrected chi connectivity index (χ3v) is 7.47. The van der Waals surface area contributed by atoms with Crippen LogP contribution in [-0.2, 0) is 0 Å². The lowest BCUT2D eigenvalue weighted by Gasteiger charge is -2.27. The number of ether oxygens (including phenoxy) is 3. The van der Waals surface area contributed by atoms with E-state index in [1.165, 1.54) is 11.1 Å². The highest BCUT2D eigenvalue weighted by Gasteiger charge is 2.45. The zero-order valence-electron chi connectivity index (χ0n) is 22.8. The number of fused-ring (bicyclic) bond motifs is 1. The quantitative estimate of drug-likeness (QED) is 0.396. The molecule has 1 amide bonds. The number of methoxy groups -OCH3 is 2. The summed E-state index contributed by atoms with van der Waals surface area (Å²) in [6, 6.07) is 14.0. The van der Waals surface area contributed by atoms with E-state index in [9.17, 15) is 4.79 Å². The van der Waals surface area contributed by atoms with Gasteiger partial charge in [-0.3, -0.25) is 4.79 Å². The summed E-state index contributed by atoms with van der Waals surface area (Å²) >= 11 is 0. The second-order valence-corrected chi connectivity index (χ2v) is 10.5. The average molecular weight is 488 g/mol. The number of anilines is 1. The molecule has 5 heteroatoms. The number of benzene rings is 3. The Bertz CT molecular complexity index is 1310. The number of hydrogen-bond donors (Lipinski definition) is 1. The van der Waals surface area contributed by atoms with Gasteiger partial charge in [0.05, 0.1) is 20.1 Å². The summed E-state index contributed by atoms with van der Waals surface area (Å²) < 4.78 is 17.3. The Morgan fingerprint density at radius 3 is 2.14 bits per heavy atom. The average Bonchev–Trinajstić information content (AvgIpc) is 3.15. The first-order chi connectivity index (χ1) is 17.0. The number of nitrogens with one attached hydrogen (secondary N) is 1. The van der Waals surface area contributed by atoms with Crippen molar-refractivity contribution in [2.24, 2.45) is 0 Å². The maximum absolute atomic E-state index is 13.3. The van der Waals surface area contributed by atoms with Crippen molar-refractivity contribution in [3.8, 4) is 17.2 Å². The standard InChI is InChI=1S/C31H37NO4/c1-17(2)21-10-12-22(13-11-21)27-26-20(5)28(18(3)19(4)29(26)36-31(27,6)7)32-30(33)23-14-15-24(34-8)25(16-23)35-9/h10-17,27H,1-9H3,(H,32,33). The second kappa shape index (κ2) is 9.53. The Hall–Kier alpha value is -3.47. The van der Waals surface area contributed by atoms with Crippen molar-refractivity contribution >= 4 is 11.6 Å². The number of hydrogen-bond acceptors (Lipinski definition) is 4. The highest BCUT2D eigenvalue weighted by atomic mass is 16.5. The zero-order chi connectivity index (χ0) is 26.4. The summed E-state index contributed by atoms with van der Waals surface area (Å²) in [4.78, 5) is 13.3. The maximum Gasteiger partial charge on any atom is 0.255 e. The summed E-state index contributed by atoms with van der Waals surface area (Å²) in [5, 5.41) is 3.19. The predicted octanol–water partition coefficient (Wildman–Crippen LogP) is 7.31. The van der Waals surface area contributed by atoms with Gasteiger partial charge in [0, 0.05) is 16.8 Å². The highest BCUT2D eigenvalue weighted by Crippen LogP contribution is 2.53. The molecule has 0 spiro atoms. The normalized spacial score (nSPS) is 15.9. The molecule has 0 saturated carbocycles. The molecule has 190 valence electrons. The molecule has 5 nitrogen and oxygen atoms in total. The van der Waals surface area contributed by atoms with Gasteiger partial charge in [-0.15, -0.1) is 0 Å². The molecule has 0 saturated heterocycles. The monoisotopic (exact) mass is 487 g/mol. The molecule has 1 N–H and O–H groups in total. The van der Waals surface area contributed by atoms with Gasteiger partial charge < -0.3 is 19.5 Å². The van der Waals surface area contributed by atoms with Gasteiger partial charge in [-0.25, -0.2) is 0 Å². The van der Waals surface area contributed by atoms with Crippen LogP contribution in [-0.4, -0.2) is 25.7 Å². The van der Waals surface area contributed by atoms with E-state index in [0.29, 0.717) is 23.0 Å². The lowest BCUT2D eigenvalue weighted by atomic mass is 9.78. The first kappa shape index (κ1) is 25.6. The van der Waals surface area contributed by atoms with E-state index in [2.05, 4.69) is 71.1 Å². The molecule has 1 unspecified atom stereocenters. The van der Waals surface area contributed by atoms with Gasteiger partial charge in [0.1, 0.15) is 11.4 Å². The Labute approximate surface area is 214 Å². The fourth-order valence-electron chi connectivity index (χ4n) is 5.29. The molecule has 0 bridgehead atoms. The van der Waals surface area contributed by atoms with Crippen molar-refractivity contribution in [2.75, 3.05) is 19.5 Å². The van der Waals surface area contributed by atoms with E-state index in [-0.39, 0.29) is 11.8 Å². The molecule has 3 aromatic rings. The second-order valence-electron chi connectivity index (χ2n) is 10.5. The van der Waals surface area contributed by atoms with Crippen molar-refractivity contribution in [1.82, 2.24) is 0 Å². The van der Waals surface area contributed by atoms with Crippen molar-refractivity contribution < 1.29 is 19.0 Å². The van der Waals surface area contributed by atoms with Gasteiger partial charge in [-0.1, -0.05) is 38.1 Å².